The molecular formula is C26H30N6O2. The number of anilines is 1. The quantitative estimate of drug-likeness (QED) is 0.266. The molecule has 0 radical (unpaired) electrons. The molecule has 1 aliphatic rings. The van der Waals surface area contributed by atoms with Gasteiger partial charge in [0.05, 0.1) is 17.6 Å². The highest BCUT2D eigenvalue weighted by atomic mass is 16.3. The summed E-state index contributed by atoms with van der Waals surface area (Å²) in [5.74, 6) is 0.0617. The lowest BCUT2D eigenvalue weighted by Gasteiger charge is -2.21. The molecule has 2 aromatic heterocycles. The number of nitrogens with zero attached hydrogens (tertiary/aromatic N) is 2. The zero-order valence-corrected chi connectivity index (χ0v) is 19.3. The molecule has 8 heteroatoms. The summed E-state index contributed by atoms with van der Waals surface area (Å²) in [5, 5.41) is 22.2. The molecule has 176 valence electrons. The number of nitrogens with two attached hydrogens (primary N) is 1. The van der Waals surface area contributed by atoms with Crippen molar-refractivity contribution in [2.75, 3.05) is 12.8 Å². The highest BCUT2D eigenvalue weighted by Gasteiger charge is 2.20. The molecule has 1 aliphatic carbocycles. The van der Waals surface area contributed by atoms with Crippen LogP contribution in [-0.2, 0) is 6.54 Å². The van der Waals surface area contributed by atoms with Crippen LogP contribution >= 0.6 is 0 Å². The lowest BCUT2D eigenvalue weighted by Crippen LogP contribution is -2.18. The monoisotopic (exact) mass is 458 g/mol. The van der Waals surface area contributed by atoms with Gasteiger partial charge in [0.15, 0.2) is 5.82 Å². The SMILES string of the molecule is CNCc1ccc(C(=N)/C=C(\O)c2nc(-c3c[nH]c(=O)c(C4CCCCC4)c3)cnc2N)cc1. The number of aliphatic hydroxyl groups is 1. The lowest BCUT2D eigenvalue weighted by molar-refractivity contribution is 0.441. The number of H-pyrrole nitrogens is 1. The predicted octanol–water partition coefficient (Wildman–Crippen LogP) is 4.15. The van der Waals surface area contributed by atoms with Crippen LogP contribution in [-0.4, -0.2) is 32.8 Å². The van der Waals surface area contributed by atoms with E-state index >= 15 is 0 Å². The number of nitrogen functional groups attached to an aromatic ring is 1. The average Bonchev–Trinajstić information content (AvgIpc) is 2.86. The number of hydrogen-bond acceptors (Lipinski definition) is 7. The topological polar surface area (TPSA) is 141 Å². The summed E-state index contributed by atoms with van der Waals surface area (Å²) in [6.07, 6.45) is 9.93. The second-order valence-electron chi connectivity index (χ2n) is 8.67. The zero-order chi connectivity index (χ0) is 24.1. The number of allylic oxidation sites excluding steroid dienone is 1. The largest absolute Gasteiger partial charge is 0.505 e. The number of benzene rings is 1. The van der Waals surface area contributed by atoms with Crippen molar-refractivity contribution in [1.82, 2.24) is 20.3 Å². The van der Waals surface area contributed by atoms with E-state index in [0.29, 0.717) is 16.8 Å². The number of aromatic amines is 1. The highest BCUT2D eigenvalue weighted by molar-refractivity contribution is 6.09. The van der Waals surface area contributed by atoms with Gasteiger partial charge < -0.3 is 26.6 Å². The van der Waals surface area contributed by atoms with Crippen molar-refractivity contribution >= 4 is 17.3 Å². The molecule has 1 aromatic carbocycles. The predicted molar refractivity (Wildman–Crippen MR) is 135 cm³/mol. The summed E-state index contributed by atoms with van der Waals surface area (Å²) in [6, 6.07) is 9.39. The summed E-state index contributed by atoms with van der Waals surface area (Å²) in [6.45, 7) is 0.737. The van der Waals surface area contributed by atoms with Gasteiger partial charge in [0, 0.05) is 29.9 Å². The van der Waals surface area contributed by atoms with Crippen molar-refractivity contribution in [3.05, 3.63) is 81.5 Å². The number of nitrogens with one attached hydrogen (secondary N) is 3. The zero-order valence-electron chi connectivity index (χ0n) is 19.3. The van der Waals surface area contributed by atoms with Gasteiger partial charge in [-0.05, 0) is 43.0 Å². The molecule has 0 bridgehead atoms. The van der Waals surface area contributed by atoms with Gasteiger partial charge >= 0.3 is 0 Å². The molecule has 0 aliphatic heterocycles. The van der Waals surface area contributed by atoms with Crippen LogP contribution in [0.15, 0.2) is 53.6 Å². The number of aliphatic hydroxyl groups excluding tert-OH is 1. The van der Waals surface area contributed by atoms with Crippen LogP contribution in [0.1, 0.15) is 60.4 Å². The van der Waals surface area contributed by atoms with Gasteiger partial charge in [0.1, 0.15) is 11.5 Å². The van der Waals surface area contributed by atoms with Crippen molar-refractivity contribution < 1.29 is 5.11 Å². The smallest absolute Gasteiger partial charge is 0.251 e. The van der Waals surface area contributed by atoms with E-state index in [2.05, 4.69) is 20.3 Å². The van der Waals surface area contributed by atoms with E-state index in [4.69, 9.17) is 11.1 Å². The Morgan fingerprint density at radius 3 is 2.71 bits per heavy atom. The number of pyridine rings is 1. The van der Waals surface area contributed by atoms with Crippen molar-refractivity contribution in [2.24, 2.45) is 0 Å². The first kappa shape index (κ1) is 23.4. The fourth-order valence-electron chi connectivity index (χ4n) is 4.39. The van der Waals surface area contributed by atoms with Gasteiger partial charge in [-0.15, -0.1) is 0 Å². The molecule has 0 saturated heterocycles. The molecule has 0 atom stereocenters. The van der Waals surface area contributed by atoms with Crippen LogP contribution < -0.4 is 16.6 Å². The van der Waals surface area contributed by atoms with E-state index in [9.17, 15) is 9.90 Å². The molecule has 0 unspecified atom stereocenters. The maximum atomic E-state index is 12.5. The second-order valence-corrected chi connectivity index (χ2v) is 8.67. The van der Waals surface area contributed by atoms with E-state index in [1.54, 1.807) is 6.20 Å². The Hall–Kier alpha value is -3.78. The Kier molecular flexibility index (Phi) is 7.18. The van der Waals surface area contributed by atoms with Gasteiger partial charge in [-0.1, -0.05) is 43.5 Å². The van der Waals surface area contributed by atoms with Crippen molar-refractivity contribution in [2.45, 2.75) is 44.6 Å². The van der Waals surface area contributed by atoms with Crippen LogP contribution in [0.4, 0.5) is 5.82 Å². The summed E-state index contributed by atoms with van der Waals surface area (Å²) < 4.78 is 0. The third-order valence-electron chi connectivity index (χ3n) is 6.24. The van der Waals surface area contributed by atoms with E-state index < -0.39 is 0 Å². The fourth-order valence-corrected chi connectivity index (χ4v) is 4.39. The Morgan fingerprint density at radius 1 is 1.26 bits per heavy atom. The van der Waals surface area contributed by atoms with E-state index in [1.165, 1.54) is 18.7 Å². The highest BCUT2D eigenvalue weighted by Crippen LogP contribution is 2.32. The fraction of sp³-hybridized carbons (Fsp3) is 0.308. The van der Waals surface area contributed by atoms with E-state index in [-0.39, 0.29) is 34.5 Å². The minimum absolute atomic E-state index is 0.0617. The van der Waals surface area contributed by atoms with Crippen LogP contribution in [0.3, 0.4) is 0 Å². The Bertz CT molecular complexity index is 1260. The molecule has 2 heterocycles. The molecule has 1 fully saturated rings. The minimum Gasteiger partial charge on any atom is -0.505 e. The third-order valence-corrected chi connectivity index (χ3v) is 6.24. The van der Waals surface area contributed by atoms with Gasteiger partial charge in [0.2, 0.25) is 0 Å². The van der Waals surface area contributed by atoms with Crippen LogP contribution in [0.2, 0.25) is 0 Å². The maximum Gasteiger partial charge on any atom is 0.251 e. The van der Waals surface area contributed by atoms with E-state index in [1.807, 2.05) is 37.4 Å². The van der Waals surface area contributed by atoms with Crippen LogP contribution in [0, 0.1) is 5.41 Å². The number of rotatable bonds is 7. The van der Waals surface area contributed by atoms with Crippen molar-refractivity contribution in [1.29, 1.82) is 5.41 Å². The number of aromatic nitrogens is 3. The first-order valence-electron chi connectivity index (χ1n) is 11.5. The minimum atomic E-state index is -0.243. The van der Waals surface area contributed by atoms with Gasteiger partial charge in [-0.25, -0.2) is 9.97 Å². The van der Waals surface area contributed by atoms with Crippen LogP contribution in [0.25, 0.3) is 17.0 Å². The first-order chi connectivity index (χ1) is 16.5. The van der Waals surface area contributed by atoms with Crippen LogP contribution in [0.5, 0.6) is 0 Å². The molecular weight excluding hydrogens is 428 g/mol. The Balaban J connectivity index is 1.62. The molecule has 3 aromatic rings. The summed E-state index contributed by atoms with van der Waals surface area (Å²) in [4.78, 5) is 24.0. The van der Waals surface area contributed by atoms with Crippen molar-refractivity contribution in [3.63, 3.8) is 0 Å². The van der Waals surface area contributed by atoms with E-state index in [0.717, 1.165) is 43.4 Å². The third kappa shape index (κ3) is 5.23. The van der Waals surface area contributed by atoms with Crippen molar-refractivity contribution in [3.8, 4) is 11.3 Å². The summed E-state index contributed by atoms with van der Waals surface area (Å²) in [5.41, 5.74) is 9.87. The van der Waals surface area contributed by atoms with Gasteiger partial charge in [-0.2, -0.15) is 0 Å². The number of hydrogen-bond donors (Lipinski definition) is 5. The molecule has 4 rings (SSSR count). The normalized spacial score (nSPS) is 14.8. The molecule has 0 spiro atoms. The molecule has 6 N–H and O–H groups in total. The Labute approximate surface area is 198 Å². The maximum absolute atomic E-state index is 12.5. The average molecular weight is 459 g/mol. The molecule has 1 saturated carbocycles. The van der Waals surface area contributed by atoms with Gasteiger partial charge in [-0.3, -0.25) is 4.79 Å². The van der Waals surface area contributed by atoms with Gasteiger partial charge in [0.25, 0.3) is 5.56 Å². The summed E-state index contributed by atoms with van der Waals surface area (Å²) in [7, 11) is 1.88. The lowest BCUT2D eigenvalue weighted by atomic mass is 9.84. The first-order valence-corrected chi connectivity index (χ1v) is 11.5. The second kappa shape index (κ2) is 10.4. The summed E-state index contributed by atoms with van der Waals surface area (Å²) >= 11 is 0. The standard InChI is InChI=1S/C26H30N6O2/c1-29-13-16-7-9-18(10-8-16)21(27)12-23(33)24-25(28)30-15-22(32-24)19-11-20(26(34)31-14-19)17-5-3-2-4-6-17/h7-12,14-15,17,27,29,33H,2-6,13H2,1H3,(H2,28,30)(H,31,34)/b23-12-,27-21?. The molecule has 0 amide bonds. The Morgan fingerprint density at radius 2 is 2.00 bits per heavy atom. The molecule has 34 heavy (non-hydrogen) atoms. The molecule has 8 nitrogen and oxygen atoms in total.